The lowest BCUT2D eigenvalue weighted by atomic mass is 10.1. The lowest BCUT2D eigenvalue weighted by Crippen LogP contribution is -2.14. The van der Waals surface area contributed by atoms with E-state index in [0.717, 1.165) is 14.7 Å². The first-order chi connectivity index (χ1) is 13.4. The summed E-state index contributed by atoms with van der Waals surface area (Å²) in [5.41, 5.74) is 3.46. The number of aryl methyl sites for hydroxylation is 2. The molecule has 0 saturated heterocycles. The normalized spacial score (nSPS) is 10.9. The average Bonchev–Trinajstić information content (AvgIpc) is 2.65. The molecule has 0 heterocycles. The number of halogens is 1. The van der Waals surface area contributed by atoms with E-state index in [1.165, 1.54) is 0 Å². The van der Waals surface area contributed by atoms with Crippen molar-refractivity contribution in [2.45, 2.75) is 27.7 Å². The summed E-state index contributed by atoms with van der Waals surface area (Å²) in [6.45, 7) is 8.72. The highest BCUT2D eigenvalue weighted by Gasteiger charge is 2.14. The molecule has 0 saturated carbocycles. The maximum absolute atomic E-state index is 12.6. The number of nitrogens with zero attached hydrogens (tertiary/aromatic N) is 1. The summed E-state index contributed by atoms with van der Waals surface area (Å²) in [7, 11) is 0. The number of carbonyl (C=O) groups excluding carboxylic acids is 1. The fourth-order valence-electron chi connectivity index (χ4n) is 2.68. The molecular formula is C22H23IN2O3. The maximum Gasteiger partial charge on any atom is 0.266 e. The van der Waals surface area contributed by atoms with Crippen LogP contribution in [0.5, 0.6) is 11.5 Å². The molecule has 2 aromatic rings. The zero-order valence-electron chi connectivity index (χ0n) is 16.4. The van der Waals surface area contributed by atoms with Crippen LogP contribution in [0, 0.1) is 28.7 Å². The van der Waals surface area contributed by atoms with Gasteiger partial charge in [-0.15, -0.1) is 0 Å². The Balaban J connectivity index is 2.35. The molecule has 0 spiro atoms. The van der Waals surface area contributed by atoms with Crippen LogP contribution in [0.3, 0.4) is 0 Å². The van der Waals surface area contributed by atoms with Crippen LogP contribution in [0.2, 0.25) is 0 Å². The highest BCUT2D eigenvalue weighted by Crippen LogP contribution is 2.35. The first-order valence-electron chi connectivity index (χ1n) is 8.99. The number of nitrogens with one attached hydrogen (secondary N) is 1. The van der Waals surface area contributed by atoms with E-state index in [4.69, 9.17) is 9.47 Å². The van der Waals surface area contributed by atoms with Gasteiger partial charge in [-0.05, 0) is 85.7 Å². The topological polar surface area (TPSA) is 71.3 Å². The van der Waals surface area contributed by atoms with Crippen molar-refractivity contribution in [3.05, 3.63) is 56.2 Å². The smallest absolute Gasteiger partial charge is 0.266 e. The van der Waals surface area contributed by atoms with Crippen LogP contribution in [0.15, 0.2) is 35.9 Å². The summed E-state index contributed by atoms with van der Waals surface area (Å²) in [6.07, 6.45) is 1.55. The van der Waals surface area contributed by atoms with Crippen LogP contribution in [-0.2, 0) is 4.79 Å². The van der Waals surface area contributed by atoms with Gasteiger partial charge < -0.3 is 14.8 Å². The van der Waals surface area contributed by atoms with Gasteiger partial charge in [0, 0.05) is 5.69 Å². The molecule has 1 amide bonds. The molecule has 5 nitrogen and oxygen atoms in total. The number of carbonyl (C=O) groups is 1. The van der Waals surface area contributed by atoms with E-state index in [0.29, 0.717) is 36.0 Å². The van der Waals surface area contributed by atoms with Crippen LogP contribution in [0.25, 0.3) is 6.08 Å². The predicted molar refractivity (Wildman–Crippen MR) is 120 cm³/mol. The fourth-order valence-corrected chi connectivity index (χ4v) is 3.46. The van der Waals surface area contributed by atoms with E-state index in [1.807, 2.05) is 58.0 Å². The first-order valence-corrected chi connectivity index (χ1v) is 10.1. The molecule has 0 fully saturated rings. The third kappa shape index (κ3) is 5.49. The second-order valence-corrected chi connectivity index (χ2v) is 7.30. The molecule has 0 atom stereocenters. The van der Waals surface area contributed by atoms with Crippen molar-refractivity contribution >= 4 is 40.3 Å². The van der Waals surface area contributed by atoms with E-state index in [9.17, 15) is 10.1 Å². The minimum absolute atomic E-state index is 0.0161. The van der Waals surface area contributed by atoms with E-state index >= 15 is 0 Å². The van der Waals surface area contributed by atoms with Gasteiger partial charge in [0.15, 0.2) is 11.5 Å². The Morgan fingerprint density at radius 2 is 1.89 bits per heavy atom. The van der Waals surface area contributed by atoms with Crippen molar-refractivity contribution in [2.24, 2.45) is 0 Å². The Hall–Kier alpha value is -2.53. The standard InChI is InChI=1S/C22H23IN2O3/c1-5-27-20-12-16(11-18(23)21(20)28-6-2)10-17(13-24)22(26)25-19-8-7-14(3)9-15(19)4/h7-12H,5-6H2,1-4H3,(H,25,26). The third-order valence-electron chi connectivity index (χ3n) is 3.93. The SMILES string of the molecule is CCOc1cc(C=C(C#N)C(=O)Nc2ccc(C)cc2C)cc(I)c1OCC. The van der Waals surface area contributed by atoms with Crippen molar-refractivity contribution < 1.29 is 14.3 Å². The first kappa shape index (κ1) is 21.8. The molecule has 146 valence electrons. The van der Waals surface area contributed by atoms with Crippen LogP contribution in [0.4, 0.5) is 5.69 Å². The molecule has 2 aromatic carbocycles. The largest absolute Gasteiger partial charge is 0.490 e. The van der Waals surface area contributed by atoms with Crippen LogP contribution in [0.1, 0.15) is 30.5 Å². The maximum atomic E-state index is 12.6. The van der Waals surface area contributed by atoms with Gasteiger partial charge in [0.25, 0.3) is 5.91 Å². The molecule has 0 aliphatic rings. The van der Waals surface area contributed by atoms with E-state index < -0.39 is 5.91 Å². The summed E-state index contributed by atoms with van der Waals surface area (Å²) in [6, 6.07) is 11.4. The molecule has 2 rings (SSSR count). The molecule has 0 radical (unpaired) electrons. The number of benzene rings is 2. The highest BCUT2D eigenvalue weighted by atomic mass is 127. The Kier molecular flexibility index (Phi) is 7.88. The minimum atomic E-state index is -0.448. The lowest BCUT2D eigenvalue weighted by molar-refractivity contribution is -0.112. The lowest BCUT2D eigenvalue weighted by Gasteiger charge is -2.14. The molecule has 0 unspecified atom stereocenters. The van der Waals surface area contributed by atoms with Gasteiger partial charge in [-0.3, -0.25) is 4.79 Å². The fraction of sp³-hybridized carbons (Fsp3) is 0.273. The second-order valence-electron chi connectivity index (χ2n) is 6.14. The molecule has 0 bridgehead atoms. The monoisotopic (exact) mass is 490 g/mol. The van der Waals surface area contributed by atoms with Gasteiger partial charge in [0.2, 0.25) is 0 Å². The molecular weight excluding hydrogens is 467 g/mol. The molecule has 28 heavy (non-hydrogen) atoms. The zero-order chi connectivity index (χ0) is 20.7. The Morgan fingerprint density at radius 3 is 2.50 bits per heavy atom. The highest BCUT2D eigenvalue weighted by molar-refractivity contribution is 14.1. The summed E-state index contributed by atoms with van der Waals surface area (Å²) >= 11 is 2.16. The molecule has 6 heteroatoms. The van der Waals surface area contributed by atoms with E-state index in [2.05, 4.69) is 27.9 Å². The van der Waals surface area contributed by atoms with Gasteiger partial charge in [-0.1, -0.05) is 17.7 Å². The van der Waals surface area contributed by atoms with Gasteiger partial charge in [-0.2, -0.15) is 5.26 Å². The third-order valence-corrected chi connectivity index (χ3v) is 4.73. The van der Waals surface area contributed by atoms with Crippen molar-refractivity contribution in [2.75, 3.05) is 18.5 Å². The number of amides is 1. The summed E-state index contributed by atoms with van der Waals surface area (Å²) in [5.74, 6) is 0.811. The minimum Gasteiger partial charge on any atom is -0.490 e. The van der Waals surface area contributed by atoms with E-state index in [-0.39, 0.29) is 5.57 Å². The molecule has 0 aromatic heterocycles. The number of ether oxygens (including phenoxy) is 2. The second kappa shape index (κ2) is 10.1. The van der Waals surface area contributed by atoms with Crippen molar-refractivity contribution in [1.82, 2.24) is 0 Å². The van der Waals surface area contributed by atoms with Crippen LogP contribution >= 0.6 is 22.6 Å². The van der Waals surface area contributed by atoms with Gasteiger partial charge >= 0.3 is 0 Å². The Morgan fingerprint density at radius 1 is 1.18 bits per heavy atom. The quantitative estimate of drug-likeness (QED) is 0.327. The number of nitriles is 1. The molecule has 1 N–H and O–H groups in total. The van der Waals surface area contributed by atoms with Crippen molar-refractivity contribution in [3.8, 4) is 17.6 Å². The number of hydrogen-bond acceptors (Lipinski definition) is 4. The Bertz CT molecular complexity index is 946. The summed E-state index contributed by atoms with van der Waals surface area (Å²) < 4.78 is 12.2. The van der Waals surface area contributed by atoms with Gasteiger partial charge in [-0.25, -0.2) is 0 Å². The van der Waals surface area contributed by atoms with E-state index in [1.54, 1.807) is 12.1 Å². The zero-order valence-corrected chi connectivity index (χ0v) is 18.6. The van der Waals surface area contributed by atoms with Crippen molar-refractivity contribution in [1.29, 1.82) is 5.26 Å². The van der Waals surface area contributed by atoms with Crippen LogP contribution < -0.4 is 14.8 Å². The Labute approximate surface area is 179 Å². The molecule has 0 aliphatic carbocycles. The number of anilines is 1. The van der Waals surface area contributed by atoms with Crippen molar-refractivity contribution in [3.63, 3.8) is 0 Å². The molecule has 0 aliphatic heterocycles. The summed E-state index contributed by atoms with van der Waals surface area (Å²) in [4.78, 5) is 12.6. The predicted octanol–water partition coefficient (Wildman–Crippen LogP) is 5.25. The summed E-state index contributed by atoms with van der Waals surface area (Å²) in [5, 5.41) is 12.3. The van der Waals surface area contributed by atoms with Crippen LogP contribution in [-0.4, -0.2) is 19.1 Å². The number of rotatable bonds is 7. The average molecular weight is 490 g/mol. The van der Waals surface area contributed by atoms with Gasteiger partial charge in [0.1, 0.15) is 11.6 Å². The number of hydrogen-bond donors (Lipinski definition) is 1. The van der Waals surface area contributed by atoms with Gasteiger partial charge in [0.05, 0.1) is 16.8 Å².